The number of hydrogen-bond donors (Lipinski definition) is 1. The predicted octanol–water partition coefficient (Wildman–Crippen LogP) is 3.21. The van der Waals surface area contributed by atoms with Crippen molar-refractivity contribution in [3.05, 3.63) is 54.4 Å². The number of anilines is 3. The van der Waals surface area contributed by atoms with Crippen LogP contribution in [-0.4, -0.2) is 42.2 Å². The Bertz CT molecular complexity index is 1080. The van der Waals surface area contributed by atoms with Crippen molar-refractivity contribution >= 4 is 23.2 Å². The Hall–Kier alpha value is -3.28. The number of fused-ring (bicyclic) bond motifs is 7. The fraction of sp³-hybridized carbons (Fsp3) is 0.417. The maximum atomic E-state index is 13.6. The van der Waals surface area contributed by atoms with Crippen LogP contribution >= 0.6 is 0 Å². The van der Waals surface area contributed by atoms with Crippen molar-refractivity contribution in [2.45, 2.75) is 19.4 Å². The average Bonchev–Trinajstić information content (AvgIpc) is 3.61. The summed E-state index contributed by atoms with van der Waals surface area (Å²) in [6.45, 7) is 2.07. The van der Waals surface area contributed by atoms with E-state index in [2.05, 4.69) is 21.4 Å². The van der Waals surface area contributed by atoms with Gasteiger partial charge >= 0.3 is 0 Å². The molecule has 2 fully saturated rings. The van der Waals surface area contributed by atoms with Gasteiger partial charge in [-0.2, -0.15) is 5.26 Å². The number of carbonyl (C=O) groups is 1. The minimum absolute atomic E-state index is 0.100. The van der Waals surface area contributed by atoms with Gasteiger partial charge in [-0.3, -0.25) is 4.79 Å². The van der Waals surface area contributed by atoms with Crippen LogP contribution in [0.15, 0.2) is 48.7 Å². The summed E-state index contributed by atoms with van der Waals surface area (Å²) < 4.78 is 11.5. The molecule has 5 rings (SSSR count). The first-order valence-electron chi connectivity index (χ1n) is 10.9. The van der Waals surface area contributed by atoms with Gasteiger partial charge < -0.3 is 19.7 Å². The highest BCUT2D eigenvalue weighted by Crippen LogP contribution is 2.54. The molecule has 1 saturated carbocycles. The Labute approximate surface area is 186 Å². The number of ether oxygens (including phenoxy) is 2. The second-order valence-electron chi connectivity index (χ2n) is 8.43. The van der Waals surface area contributed by atoms with Gasteiger partial charge in [0.25, 0.3) is 0 Å². The molecule has 1 aliphatic carbocycles. The molecule has 2 aromatic rings. The zero-order valence-electron chi connectivity index (χ0n) is 17.7. The summed E-state index contributed by atoms with van der Waals surface area (Å²) in [6.07, 6.45) is 7.29. The molecule has 1 amide bonds. The van der Waals surface area contributed by atoms with Crippen LogP contribution < -0.4 is 10.2 Å². The quantitative estimate of drug-likeness (QED) is 0.692. The third-order valence-corrected chi connectivity index (χ3v) is 6.33. The van der Waals surface area contributed by atoms with Crippen LogP contribution in [0.4, 0.5) is 17.3 Å². The van der Waals surface area contributed by atoms with Crippen LogP contribution in [0.25, 0.3) is 0 Å². The first-order chi connectivity index (χ1) is 15.7. The Kier molecular flexibility index (Phi) is 5.60. The van der Waals surface area contributed by atoms with Gasteiger partial charge in [0.15, 0.2) is 0 Å². The molecule has 2 atom stereocenters. The Morgan fingerprint density at radius 1 is 1.12 bits per heavy atom. The number of amides is 1. The summed E-state index contributed by atoms with van der Waals surface area (Å²) in [4.78, 5) is 24.3. The Morgan fingerprint density at radius 2 is 1.97 bits per heavy atom. The lowest BCUT2D eigenvalue weighted by Crippen LogP contribution is -2.38. The second-order valence-corrected chi connectivity index (χ2v) is 8.43. The van der Waals surface area contributed by atoms with Crippen molar-refractivity contribution in [3.63, 3.8) is 0 Å². The molecule has 0 spiro atoms. The summed E-state index contributed by atoms with van der Waals surface area (Å²) >= 11 is 0. The number of nitrogens with one attached hydrogen (secondary N) is 1. The zero-order chi connectivity index (χ0) is 22.0. The molecule has 32 heavy (non-hydrogen) atoms. The number of pyridine rings is 2. The minimum Gasteiger partial charge on any atom is -0.377 e. The van der Waals surface area contributed by atoms with Crippen LogP contribution in [0, 0.1) is 28.6 Å². The molecule has 6 bridgehead atoms. The number of carbonyl (C=O) groups excluding carboxylic acids is 1. The molecule has 0 radical (unpaired) electrons. The fourth-order valence-corrected chi connectivity index (χ4v) is 4.59. The molecule has 164 valence electrons. The van der Waals surface area contributed by atoms with Gasteiger partial charge in [0.05, 0.1) is 38.2 Å². The van der Waals surface area contributed by atoms with Gasteiger partial charge in [-0.15, -0.1) is 0 Å². The largest absolute Gasteiger partial charge is 0.377 e. The van der Waals surface area contributed by atoms with Crippen molar-refractivity contribution in [2.24, 2.45) is 17.3 Å². The van der Waals surface area contributed by atoms with Gasteiger partial charge in [0, 0.05) is 30.4 Å². The topological polar surface area (TPSA) is 100 Å². The number of hydrogen-bond acceptors (Lipinski definition) is 7. The maximum Gasteiger partial charge on any atom is 0.248 e. The third-order valence-electron chi connectivity index (χ3n) is 6.33. The molecular formula is C24H25N5O3. The van der Waals surface area contributed by atoms with E-state index in [1.807, 2.05) is 36.4 Å². The van der Waals surface area contributed by atoms with Gasteiger partial charge in [-0.05, 0) is 37.0 Å². The summed E-state index contributed by atoms with van der Waals surface area (Å²) in [5.74, 6) is 1.02. The van der Waals surface area contributed by atoms with Gasteiger partial charge in [-0.25, -0.2) is 9.97 Å². The molecule has 8 heteroatoms. The van der Waals surface area contributed by atoms with E-state index in [4.69, 9.17) is 9.47 Å². The van der Waals surface area contributed by atoms with Crippen molar-refractivity contribution in [1.29, 1.82) is 5.26 Å². The summed E-state index contributed by atoms with van der Waals surface area (Å²) in [7, 11) is 0. The molecule has 0 unspecified atom stereocenters. The fourth-order valence-electron chi connectivity index (χ4n) is 4.59. The normalized spacial score (nSPS) is 27.0. The smallest absolute Gasteiger partial charge is 0.248 e. The van der Waals surface area contributed by atoms with E-state index in [0.717, 1.165) is 24.2 Å². The Balaban J connectivity index is 1.49. The van der Waals surface area contributed by atoms with E-state index in [9.17, 15) is 10.1 Å². The highest BCUT2D eigenvalue weighted by molar-refractivity contribution is 6.03. The van der Waals surface area contributed by atoms with E-state index < -0.39 is 5.41 Å². The molecule has 1 saturated heterocycles. The van der Waals surface area contributed by atoms with E-state index in [1.54, 1.807) is 17.2 Å². The monoisotopic (exact) mass is 431 g/mol. The zero-order valence-corrected chi connectivity index (χ0v) is 17.7. The van der Waals surface area contributed by atoms with Crippen molar-refractivity contribution in [2.75, 3.05) is 36.6 Å². The molecule has 1 N–H and O–H groups in total. The number of aromatic nitrogens is 2. The van der Waals surface area contributed by atoms with Crippen molar-refractivity contribution in [1.82, 2.24) is 9.97 Å². The molecule has 3 aliphatic rings. The maximum absolute atomic E-state index is 13.6. The molecular weight excluding hydrogens is 406 g/mol. The van der Waals surface area contributed by atoms with Crippen LogP contribution in [-0.2, 0) is 20.9 Å². The van der Waals surface area contributed by atoms with Gasteiger partial charge in [0.1, 0.15) is 17.1 Å². The standard InChI is InChI=1S/C24H25N5O3/c25-16-24(17-6-7-17)18-13-29(23(24)30)20-8-9-26-22(12-20)28-21-5-3-4-19(27-21)15-32-11-2-1-10-31-14-18/h1-5,8-9,12,17-18H,6-7,10-11,13-15H2,(H,26,27,28)/b2-1+/t18-,24+/m0/s1. The molecule has 2 aromatic heterocycles. The summed E-state index contributed by atoms with van der Waals surface area (Å²) in [5.41, 5.74) is 0.496. The third kappa shape index (κ3) is 3.85. The van der Waals surface area contributed by atoms with E-state index in [-0.39, 0.29) is 17.7 Å². The summed E-state index contributed by atoms with van der Waals surface area (Å²) in [5, 5.41) is 13.4. The van der Waals surface area contributed by atoms with E-state index in [0.29, 0.717) is 44.6 Å². The van der Waals surface area contributed by atoms with Crippen LogP contribution in [0.1, 0.15) is 18.5 Å². The van der Waals surface area contributed by atoms with Crippen LogP contribution in [0.3, 0.4) is 0 Å². The SMILES string of the molecule is N#C[C@]1(C2CC2)C(=O)N2C[C@H]1COC/C=C/COCc1cccc(n1)Nc1cc2ccn1. The molecule has 4 heterocycles. The van der Waals surface area contributed by atoms with Crippen LogP contribution in [0.2, 0.25) is 0 Å². The van der Waals surface area contributed by atoms with Crippen molar-refractivity contribution in [3.8, 4) is 6.07 Å². The van der Waals surface area contributed by atoms with E-state index in [1.165, 1.54) is 0 Å². The molecule has 2 aliphatic heterocycles. The number of rotatable bonds is 1. The number of nitriles is 1. The highest BCUT2D eigenvalue weighted by Gasteiger charge is 2.62. The molecule has 0 aromatic carbocycles. The minimum atomic E-state index is -1.03. The first kappa shape index (κ1) is 20.6. The predicted molar refractivity (Wildman–Crippen MR) is 118 cm³/mol. The van der Waals surface area contributed by atoms with Gasteiger partial charge in [0.2, 0.25) is 5.91 Å². The summed E-state index contributed by atoms with van der Waals surface area (Å²) in [6, 6.07) is 11.7. The Morgan fingerprint density at radius 3 is 2.78 bits per heavy atom. The second kappa shape index (κ2) is 8.69. The van der Waals surface area contributed by atoms with Crippen LogP contribution in [0.5, 0.6) is 0 Å². The lowest BCUT2D eigenvalue weighted by Gasteiger charge is -2.25. The first-order valence-corrected chi connectivity index (χ1v) is 10.9. The number of nitrogens with zero attached hydrogens (tertiary/aromatic N) is 4. The lowest BCUT2D eigenvalue weighted by molar-refractivity contribution is -0.125. The van der Waals surface area contributed by atoms with E-state index >= 15 is 0 Å². The van der Waals surface area contributed by atoms with Gasteiger partial charge in [-0.1, -0.05) is 18.2 Å². The average molecular weight is 431 g/mol. The van der Waals surface area contributed by atoms with Crippen molar-refractivity contribution < 1.29 is 14.3 Å². The lowest BCUT2D eigenvalue weighted by atomic mass is 9.75. The highest BCUT2D eigenvalue weighted by atomic mass is 16.5. The molecule has 8 nitrogen and oxygen atoms in total.